The number of benzene rings is 2. The van der Waals surface area contributed by atoms with Crippen LogP contribution in [0.4, 0.5) is 5.69 Å². The lowest BCUT2D eigenvalue weighted by molar-refractivity contribution is -0.146. The number of allylic oxidation sites excluding steroid dienone is 2. The van der Waals surface area contributed by atoms with Crippen molar-refractivity contribution in [2.24, 2.45) is 35.5 Å². The maximum atomic E-state index is 13.7. The van der Waals surface area contributed by atoms with Gasteiger partial charge in [0.05, 0.1) is 22.5 Å². The normalized spacial score (nSPS) is 31.9. The van der Waals surface area contributed by atoms with Crippen LogP contribution in [-0.2, 0) is 20.8 Å². The van der Waals surface area contributed by atoms with Gasteiger partial charge >= 0.3 is 0 Å². The molecule has 5 nitrogen and oxygen atoms in total. The number of halogens is 2. The molecule has 0 unspecified atom stereocenters. The minimum atomic E-state index is -0.969. The Hall–Kier alpha value is -2.63. The summed E-state index contributed by atoms with van der Waals surface area (Å²) in [5, 5.41) is 3.57. The molecule has 3 amide bonds. The Balaban J connectivity index is 1.34. The Bertz CT molecular complexity index is 1160. The van der Waals surface area contributed by atoms with E-state index >= 15 is 0 Å². The summed E-state index contributed by atoms with van der Waals surface area (Å²) in [7, 11) is 0. The van der Waals surface area contributed by atoms with Crippen LogP contribution in [0.5, 0.6) is 0 Å². The third-order valence-corrected chi connectivity index (χ3v) is 8.33. The molecule has 2 saturated carbocycles. The summed E-state index contributed by atoms with van der Waals surface area (Å²) in [6, 6.07) is 13.3. The fourth-order valence-corrected chi connectivity index (χ4v) is 6.57. The Morgan fingerprint density at radius 1 is 0.970 bits per heavy atom. The maximum absolute atomic E-state index is 13.7. The van der Waals surface area contributed by atoms with Crippen LogP contribution in [0.1, 0.15) is 12.0 Å². The number of anilines is 1. The molecule has 5 aliphatic rings. The fraction of sp³-hybridized carbons (Fsp3) is 0.346. The average Bonchev–Trinajstić information content (AvgIpc) is 3.59. The van der Waals surface area contributed by atoms with Gasteiger partial charge in [-0.3, -0.25) is 19.3 Å². The molecular weight excluding hydrogens is 459 g/mol. The zero-order valence-electron chi connectivity index (χ0n) is 17.7. The molecule has 7 rings (SSSR count). The van der Waals surface area contributed by atoms with E-state index in [1.807, 2.05) is 30.3 Å². The van der Waals surface area contributed by atoms with Crippen molar-refractivity contribution in [2.75, 3.05) is 5.32 Å². The van der Waals surface area contributed by atoms with Gasteiger partial charge in [0.1, 0.15) is 6.04 Å². The minimum Gasteiger partial charge on any atom is -0.323 e. The molecule has 0 aromatic heterocycles. The average molecular weight is 481 g/mol. The highest BCUT2D eigenvalue weighted by molar-refractivity contribution is 6.35. The number of nitrogens with one attached hydrogen (secondary N) is 1. The predicted octanol–water partition coefficient (Wildman–Crippen LogP) is 4.60. The first-order chi connectivity index (χ1) is 15.9. The van der Waals surface area contributed by atoms with Crippen LogP contribution >= 0.6 is 23.2 Å². The van der Waals surface area contributed by atoms with E-state index in [9.17, 15) is 14.4 Å². The van der Waals surface area contributed by atoms with Gasteiger partial charge in [-0.15, -0.1) is 0 Å². The molecule has 2 aromatic rings. The maximum Gasteiger partial charge on any atom is 0.248 e. The molecular formula is C26H22Cl2N2O3. The standard InChI is InChI=1S/C26H22Cl2N2O3/c27-14-6-9-19(28)20(11-14)29-24(31)21(10-13-4-2-1-3-5-13)30-25(32)22-15-7-8-16(18-12-17(15)18)23(22)26(30)33/h1-9,11,15-18,21-23H,10,12H2,(H,29,31)/t15-,16-,17-,18-,21-,22+,23+/m0/s1. The number of hydrogen-bond donors (Lipinski definition) is 1. The monoisotopic (exact) mass is 480 g/mol. The summed E-state index contributed by atoms with van der Waals surface area (Å²) in [6.07, 6.45) is 5.59. The first kappa shape index (κ1) is 20.9. The molecule has 168 valence electrons. The molecule has 1 aliphatic heterocycles. The minimum absolute atomic E-state index is 0.106. The van der Waals surface area contributed by atoms with Crippen molar-refractivity contribution in [1.29, 1.82) is 0 Å². The molecule has 1 heterocycles. The van der Waals surface area contributed by atoms with E-state index in [0.717, 1.165) is 12.0 Å². The Morgan fingerprint density at radius 2 is 1.61 bits per heavy atom. The van der Waals surface area contributed by atoms with Gasteiger partial charge in [-0.2, -0.15) is 0 Å². The van der Waals surface area contributed by atoms with Crippen molar-refractivity contribution in [3.8, 4) is 0 Å². The van der Waals surface area contributed by atoms with E-state index in [-0.39, 0.29) is 41.9 Å². The molecule has 0 radical (unpaired) electrons. The lowest BCUT2D eigenvalue weighted by atomic mass is 9.63. The van der Waals surface area contributed by atoms with Gasteiger partial charge < -0.3 is 5.32 Å². The molecule has 0 spiro atoms. The van der Waals surface area contributed by atoms with Crippen LogP contribution in [0.2, 0.25) is 10.0 Å². The van der Waals surface area contributed by atoms with Crippen LogP contribution < -0.4 is 5.32 Å². The van der Waals surface area contributed by atoms with Crippen LogP contribution in [0.3, 0.4) is 0 Å². The number of amides is 3. The third-order valence-electron chi connectivity index (χ3n) is 7.77. The second-order valence-corrected chi connectivity index (χ2v) is 10.4. The van der Waals surface area contributed by atoms with Crippen molar-refractivity contribution in [1.82, 2.24) is 4.90 Å². The molecule has 2 aromatic carbocycles. The van der Waals surface area contributed by atoms with Crippen molar-refractivity contribution in [3.63, 3.8) is 0 Å². The van der Waals surface area contributed by atoms with Gasteiger partial charge in [0, 0.05) is 11.4 Å². The fourth-order valence-electron chi connectivity index (χ4n) is 6.24. The van der Waals surface area contributed by atoms with Crippen molar-refractivity contribution < 1.29 is 14.4 Å². The zero-order valence-corrected chi connectivity index (χ0v) is 19.2. The van der Waals surface area contributed by atoms with E-state index in [4.69, 9.17) is 23.2 Å². The molecule has 1 N–H and O–H groups in total. The second-order valence-electron chi connectivity index (χ2n) is 9.52. The lowest BCUT2D eigenvalue weighted by Gasteiger charge is -2.37. The topological polar surface area (TPSA) is 66.5 Å². The van der Waals surface area contributed by atoms with Crippen LogP contribution in [0, 0.1) is 35.5 Å². The van der Waals surface area contributed by atoms with Crippen LogP contribution in [-0.4, -0.2) is 28.7 Å². The number of likely N-dealkylation sites (tertiary alicyclic amines) is 1. The summed E-state index contributed by atoms with van der Waals surface area (Å²) in [4.78, 5) is 42.1. The quantitative estimate of drug-likeness (QED) is 0.502. The van der Waals surface area contributed by atoms with Gasteiger partial charge in [-0.1, -0.05) is 65.7 Å². The van der Waals surface area contributed by atoms with Crippen molar-refractivity contribution in [3.05, 3.63) is 76.3 Å². The van der Waals surface area contributed by atoms with Crippen LogP contribution in [0.15, 0.2) is 60.7 Å². The summed E-state index contributed by atoms with van der Waals surface area (Å²) in [5.74, 6) is -0.369. The molecule has 7 heteroatoms. The van der Waals surface area contributed by atoms with Gasteiger partial charge in [-0.25, -0.2) is 0 Å². The Kier molecular flexibility index (Phi) is 4.89. The Morgan fingerprint density at radius 3 is 2.24 bits per heavy atom. The van der Waals surface area contributed by atoms with E-state index in [1.54, 1.807) is 18.2 Å². The number of carbonyl (C=O) groups is 3. The highest BCUT2D eigenvalue weighted by Crippen LogP contribution is 2.65. The van der Waals surface area contributed by atoms with Gasteiger partial charge in [0.2, 0.25) is 17.7 Å². The van der Waals surface area contributed by atoms with Crippen LogP contribution in [0.25, 0.3) is 0 Å². The smallest absolute Gasteiger partial charge is 0.248 e. The predicted molar refractivity (Wildman–Crippen MR) is 126 cm³/mol. The lowest BCUT2D eigenvalue weighted by Crippen LogP contribution is -2.49. The third kappa shape index (κ3) is 3.32. The van der Waals surface area contributed by atoms with Gasteiger partial charge in [0.25, 0.3) is 0 Å². The van der Waals surface area contributed by atoms with E-state index in [1.165, 1.54) is 4.90 Å². The number of imide groups is 1. The summed E-state index contributed by atoms with van der Waals surface area (Å²) < 4.78 is 0. The molecule has 3 fully saturated rings. The SMILES string of the molecule is O=C(Nc1cc(Cl)ccc1Cl)[C@H](Cc1ccccc1)N1C(=O)[C@@H]2[C@H]3C=C[C@@H]([C@@H]4C[C@@H]34)[C@H]2C1=O. The summed E-state index contributed by atoms with van der Waals surface area (Å²) >= 11 is 12.3. The summed E-state index contributed by atoms with van der Waals surface area (Å²) in [5.41, 5.74) is 1.22. The van der Waals surface area contributed by atoms with E-state index in [2.05, 4.69) is 17.5 Å². The number of hydrogen-bond acceptors (Lipinski definition) is 3. The Labute approximate surface area is 201 Å². The first-order valence-corrected chi connectivity index (χ1v) is 12.0. The van der Waals surface area contributed by atoms with E-state index in [0.29, 0.717) is 27.6 Å². The zero-order chi connectivity index (χ0) is 22.9. The number of nitrogens with zero attached hydrogens (tertiary/aromatic N) is 1. The molecule has 2 bridgehead atoms. The van der Waals surface area contributed by atoms with E-state index < -0.39 is 11.9 Å². The number of carbonyl (C=O) groups excluding carboxylic acids is 3. The summed E-state index contributed by atoms with van der Waals surface area (Å²) in [6.45, 7) is 0. The molecule has 1 saturated heterocycles. The molecule has 4 aliphatic carbocycles. The van der Waals surface area contributed by atoms with Crippen molar-refractivity contribution >= 4 is 46.6 Å². The van der Waals surface area contributed by atoms with Gasteiger partial charge in [0.15, 0.2) is 0 Å². The van der Waals surface area contributed by atoms with Crippen molar-refractivity contribution in [2.45, 2.75) is 18.9 Å². The largest absolute Gasteiger partial charge is 0.323 e. The first-order valence-electron chi connectivity index (χ1n) is 11.3. The highest BCUT2D eigenvalue weighted by atomic mass is 35.5. The second kappa shape index (κ2) is 7.71. The molecule has 33 heavy (non-hydrogen) atoms. The highest BCUT2D eigenvalue weighted by Gasteiger charge is 2.67. The van der Waals surface area contributed by atoms with Gasteiger partial charge in [-0.05, 0) is 53.9 Å². The number of rotatable bonds is 5. The molecule has 7 atom stereocenters.